The Labute approximate surface area is 270 Å². The van der Waals surface area contributed by atoms with E-state index in [9.17, 15) is 34.5 Å². The van der Waals surface area contributed by atoms with E-state index in [4.69, 9.17) is 18.9 Å². The van der Waals surface area contributed by atoms with Crippen molar-refractivity contribution in [2.24, 2.45) is 0 Å². The smallest absolute Gasteiger partial charge is 0.317 e. The van der Waals surface area contributed by atoms with Gasteiger partial charge in [-0.2, -0.15) is 0 Å². The maximum Gasteiger partial charge on any atom is 0.317 e. The van der Waals surface area contributed by atoms with Crippen LogP contribution in [0.2, 0.25) is 0 Å². The predicted octanol–water partition coefficient (Wildman–Crippen LogP) is -0.279. The van der Waals surface area contributed by atoms with Gasteiger partial charge < -0.3 is 39.1 Å². The van der Waals surface area contributed by atoms with Crippen LogP contribution in [0.1, 0.15) is 12.5 Å². The number of benzene rings is 1. The Kier molecular flexibility index (Phi) is 19.7. The van der Waals surface area contributed by atoms with Crippen molar-refractivity contribution in [3.05, 3.63) is 29.8 Å². The highest BCUT2D eigenvalue weighted by Gasteiger charge is 2.26. The molecule has 0 bridgehead atoms. The van der Waals surface area contributed by atoms with E-state index in [1.807, 2.05) is 36.1 Å². The zero-order valence-corrected chi connectivity index (χ0v) is 26.8. The van der Waals surface area contributed by atoms with Crippen molar-refractivity contribution in [1.29, 1.82) is 0 Å². The number of hydrogen-bond acceptors (Lipinski definition) is 12. The lowest BCUT2D eigenvalue weighted by Crippen LogP contribution is -2.52. The van der Waals surface area contributed by atoms with Gasteiger partial charge in [-0.05, 0) is 31.0 Å². The highest BCUT2D eigenvalue weighted by Crippen LogP contribution is 2.17. The number of ether oxygens (including phenoxy) is 4. The molecule has 0 saturated carbocycles. The standard InChI is InChI=1S/C31H50N4O11/c1-2-43-15-16-44-17-18-45-19-20-46-28-5-3-26(4-6-28)21-27-22-34(25-31(41)42)10-9-32(23-29(37)38)7-8-33(24-30(39)40)11-12-35(27)13-14-36/h3-6,14,27H,2,7-13,15-25H2,1H3,(H,37,38)(H,39,40)(H,41,42)/t27-/m0/s1. The summed E-state index contributed by atoms with van der Waals surface area (Å²) in [5.74, 6) is -2.36. The van der Waals surface area contributed by atoms with Crippen LogP contribution >= 0.6 is 0 Å². The van der Waals surface area contributed by atoms with Crippen molar-refractivity contribution < 1.29 is 53.4 Å². The van der Waals surface area contributed by atoms with Gasteiger partial charge in [-0.1, -0.05) is 12.1 Å². The molecule has 1 aromatic carbocycles. The second kappa shape index (κ2) is 23.2. The largest absolute Gasteiger partial charge is 0.491 e. The Morgan fingerprint density at radius 2 is 1.20 bits per heavy atom. The Bertz CT molecular complexity index is 1030. The summed E-state index contributed by atoms with van der Waals surface area (Å²) < 4.78 is 21.9. The van der Waals surface area contributed by atoms with Crippen molar-refractivity contribution in [3.8, 4) is 5.75 Å². The Morgan fingerprint density at radius 1 is 0.717 bits per heavy atom. The zero-order chi connectivity index (χ0) is 33.6. The van der Waals surface area contributed by atoms with Gasteiger partial charge >= 0.3 is 17.9 Å². The number of carbonyl (C=O) groups excluding carboxylic acids is 1. The Hall–Kier alpha value is -3.18. The van der Waals surface area contributed by atoms with E-state index in [1.54, 1.807) is 14.7 Å². The Morgan fingerprint density at radius 3 is 1.72 bits per heavy atom. The lowest BCUT2D eigenvalue weighted by Gasteiger charge is -2.37. The van der Waals surface area contributed by atoms with Crippen LogP contribution in [-0.4, -0.2) is 183 Å². The maximum atomic E-state index is 11.8. The van der Waals surface area contributed by atoms with Gasteiger partial charge in [0.2, 0.25) is 0 Å². The highest BCUT2D eigenvalue weighted by atomic mass is 16.6. The summed E-state index contributed by atoms with van der Waals surface area (Å²) in [6.07, 6.45) is 1.29. The molecule has 1 atom stereocenters. The molecule has 0 amide bonds. The van der Waals surface area contributed by atoms with Gasteiger partial charge in [-0.3, -0.25) is 34.0 Å². The predicted molar refractivity (Wildman–Crippen MR) is 167 cm³/mol. The third-order valence-electron chi connectivity index (χ3n) is 7.38. The number of aldehydes is 1. The molecule has 0 unspecified atom stereocenters. The quantitative estimate of drug-likeness (QED) is 0.116. The molecule has 15 nitrogen and oxygen atoms in total. The van der Waals surface area contributed by atoms with Crippen LogP contribution in [-0.2, 0) is 39.8 Å². The minimum absolute atomic E-state index is 0.0936. The van der Waals surface area contributed by atoms with E-state index in [1.165, 1.54) is 0 Å². The van der Waals surface area contributed by atoms with E-state index in [2.05, 4.69) is 0 Å². The third kappa shape index (κ3) is 17.5. The van der Waals surface area contributed by atoms with E-state index in [-0.39, 0.29) is 45.3 Å². The summed E-state index contributed by atoms with van der Waals surface area (Å²) in [4.78, 5) is 53.6. The molecule has 1 aromatic rings. The van der Waals surface area contributed by atoms with Crippen LogP contribution in [0.4, 0.5) is 0 Å². The van der Waals surface area contributed by atoms with Crippen LogP contribution < -0.4 is 4.74 Å². The second-order valence-corrected chi connectivity index (χ2v) is 10.9. The molecule has 0 aliphatic carbocycles. The average molecular weight is 655 g/mol. The van der Waals surface area contributed by atoms with Gasteiger partial charge in [0.15, 0.2) is 0 Å². The number of carboxylic acids is 3. The lowest BCUT2D eigenvalue weighted by molar-refractivity contribution is -0.140. The molecular weight excluding hydrogens is 604 g/mol. The Balaban J connectivity index is 2.08. The molecule has 0 aromatic heterocycles. The minimum atomic E-state index is -1.02. The molecular formula is C31H50N4O11. The van der Waals surface area contributed by atoms with Gasteiger partial charge in [0.25, 0.3) is 0 Å². The van der Waals surface area contributed by atoms with Crippen LogP contribution in [0.3, 0.4) is 0 Å². The first-order valence-electron chi connectivity index (χ1n) is 15.6. The highest BCUT2D eigenvalue weighted by molar-refractivity contribution is 5.70. The minimum Gasteiger partial charge on any atom is -0.491 e. The SMILES string of the molecule is CCOCCOCCOCCOc1ccc(C[C@H]2CN(CC(=O)O)CCN(CC(=O)O)CCN(CC(=O)O)CCN2CC=O)cc1. The summed E-state index contributed by atoms with van der Waals surface area (Å²) in [6.45, 7) is 6.99. The van der Waals surface area contributed by atoms with E-state index in [0.717, 1.165) is 11.8 Å². The molecule has 15 heteroatoms. The van der Waals surface area contributed by atoms with Gasteiger partial charge in [0.05, 0.1) is 59.2 Å². The van der Waals surface area contributed by atoms with Gasteiger partial charge in [-0.15, -0.1) is 0 Å². The first-order chi connectivity index (χ1) is 22.2. The second-order valence-electron chi connectivity index (χ2n) is 10.9. The molecule has 1 aliphatic rings. The monoisotopic (exact) mass is 654 g/mol. The summed E-state index contributed by atoms with van der Waals surface area (Å²) in [6, 6.07) is 7.26. The van der Waals surface area contributed by atoms with Crippen molar-refractivity contribution in [2.75, 3.05) is 118 Å². The van der Waals surface area contributed by atoms with E-state index >= 15 is 0 Å². The number of hydrogen-bond donors (Lipinski definition) is 3. The first-order valence-corrected chi connectivity index (χ1v) is 15.6. The number of aliphatic carboxylic acids is 3. The topological polar surface area (TPSA) is 179 Å². The number of carboxylic acid groups (broad SMARTS) is 3. The average Bonchev–Trinajstić information content (AvgIpc) is 3.00. The number of carbonyl (C=O) groups is 4. The molecule has 0 radical (unpaired) electrons. The van der Waals surface area contributed by atoms with Crippen LogP contribution in [0.5, 0.6) is 5.75 Å². The zero-order valence-electron chi connectivity index (χ0n) is 26.8. The molecule has 1 aliphatic heterocycles. The van der Waals surface area contributed by atoms with Crippen molar-refractivity contribution in [3.63, 3.8) is 0 Å². The molecule has 0 spiro atoms. The molecule has 1 heterocycles. The lowest BCUT2D eigenvalue weighted by atomic mass is 10.0. The molecule has 1 saturated heterocycles. The van der Waals surface area contributed by atoms with Crippen molar-refractivity contribution >= 4 is 24.2 Å². The molecule has 3 N–H and O–H groups in total. The summed E-state index contributed by atoms with van der Waals surface area (Å²) in [5.41, 5.74) is 0.950. The summed E-state index contributed by atoms with van der Waals surface area (Å²) in [7, 11) is 0. The molecule has 260 valence electrons. The summed E-state index contributed by atoms with van der Waals surface area (Å²) >= 11 is 0. The first kappa shape index (κ1) is 39.0. The van der Waals surface area contributed by atoms with Gasteiger partial charge in [0.1, 0.15) is 18.6 Å². The van der Waals surface area contributed by atoms with Crippen molar-refractivity contribution in [1.82, 2.24) is 19.6 Å². The maximum absolute atomic E-state index is 11.8. The number of rotatable bonds is 21. The van der Waals surface area contributed by atoms with Gasteiger partial charge in [-0.25, -0.2) is 0 Å². The molecule has 1 fully saturated rings. The molecule has 46 heavy (non-hydrogen) atoms. The number of nitrogens with zero attached hydrogens (tertiary/aromatic N) is 4. The van der Waals surface area contributed by atoms with Crippen LogP contribution in [0.15, 0.2) is 24.3 Å². The van der Waals surface area contributed by atoms with E-state index in [0.29, 0.717) is 91.1 Å². The fourth-order valence-corrected chi connectivity index (χ4v) is 5.11. The summed E-state index contributed by atoms with van der Waals surface area (Å²) in [5, 5.41) is 28.5. The fourth-order valence-electron chi connectivity index (χ4n) is 5.11. The van der Waals surface area contributed by atoms with Gasteiger partial charge in [0, 0.05) is 58.5 Å². The van der Waals surface area contributed by atoms with Crippen LogP contribution in [0.25, 0.3) is 0 Å². The third-order valence-corrected chi connectivity index (χ3v) is 7.38. The normalized spacial score (nSPS) is 18.0. The molecule has 2 rings (SSSR count). The van der Waals surface area contributed by atoms with E-state index < -0.39 is 17.9 Å². The van der Waals surface area contributed by atoms with Crippen molar-refractivity contribution in [2.45, 2.75) is 19.4 Å². The van der Waals surface area contributed by atoms with Crippen LogP contribution in [0, 0.1) is 0 Å². The fraction of sp³-hybridized carbons (Fsp3) is 0.677.